The van der Waals surface area contributed by atoms with Gasteiger partial charge in [0.1, 0.15) is 17.7 Å². The summed E-state index contributed by atoms with van der Waals surface area (Å²) in [5.41, 5.74) is 9.57. The number of ether oxygens (including phenoxy) is 1. The third-order valence-electron chi connectivity index (χ3n) is 8.07. The normalized spacial score (nSPS) is 17.8. The number of nitrogens with two attached hydrogens (primary N) is 1. The van der Waals surface area contributed by atoms with E-state index in [2.05, 4.69) is 15.6 Å². The number of hydrogen-bond acceptors (Lipinski definition) is 8. The smallest absolute Gasteiger partial charge is 0.411 e. The summed E-state index contributed by atoms with van der Waals surface area (Å²) in [7, 11) is -2.16. The fourth-order valence-electron chi connectivity index (χ4n) is 5.52. The molecule has 2 unspecified atom stereocenters. The summed E-state index contributed by atoms with van der Waals surface area (Å²) in [6, 6.07) is 14.1. The Labute approximate surface area is 261 Å². The van der Waals surface area contributed by atoms with E-state index in [4.69, 9.17) is 10.5 Å². The van der Waals surface area contributed by atoms with Crippen LogP contribution in [0.5, 0.6) is 0 Å². The van der Waals surface area contributed by atoms with Crippen LogP contribution in [0.15, 0.2) is 65.7 Å². The molecular formula is C33H36FN5O5S. The van der Waals surface area contributed by atoms with Gasteiger partial charge in [-0.1, -0.05) is 25.1 Å². The van der Waals surface area contributed by atoms with E-state index in [1.807, 2.05) is 32.0 Å². The zero-order valence-electron chi connectivity index (χ0n) is 25.7. The number of aryl methyl sites for hydroxylation is 1. The predicted octanol–water partition coefficient (Wildman–Crippen LogP) is 5.92. The van der Waals surface area contributed by atoms with Crippen LogP contribution < -0.4 is 16.4 Å². The number of aromatic nitrogens is 1. The van der Waals surface area contributed by atoms with E-state index < -0.39 is 33.0 Å². The Morgan fingerprint density at radius 1 is 1.09 bits per heavy atom. The van der Waals surface area contributed by atoms with Crippen molar-refractivity contribution in [3.8, 4) is 0 Å². The number of likely N-dealkylation sites (N-methyl/N-ethyl adjacent to an activating group) is 1. The number of amides is 2. The minimum Gasteiger partial charge on any atom is -0.449 e. The number of nitrogen functional groups attached to an aromatic ring is 1. The first-order valence-electron chi connectivity index (χ1n) is 14.5. The summed E-state index contributed by atoms with van der Waals surface area (Å²) in [4.78, 5) is 32.3. The maximum absolute atomic E-state index is 14.7. The monoisotopic (exact) mass is 633 g/mol. The van der Waals surface area contributed by atoms with Crippen LogP contribution in [0.2, 0.25) is 0 Å². The van der Waals surface area contributed by atoms with Crippen LogP contribution in [0.1, 0.15) is 55.0 Å². The van der Waals surface area contributed by atoms with E-state index in [9.17, 15) is 22.4 Å². The molecule has 0 fully saturated rings. The van der Waals surface area contributed by atoms with Crippen molar-refractivity contribution >= 4 is 49.8 Å². The Balaban J connectivity index is 1.62. The highest BCUT2D eigenvalue weighted by molar-refractivity contribution is 7.92. The molecule has 45 heavy (non-hydrogen) atoms. The number of halogens is 1. The number of anilines is 3. The molecule has 4 aromatic rings. The van der Waals surface area contributed by atoms with E-state index in [0.29, 0.717) is 27.9 Å². The number of nitrogens with zero attached hydrogens (tertiary/aromatic N) is 2. The van der Waals surface area contributed by atoms with Gasteiger partial charge in [0.25, 0.3) is 0 Å². The van der Waals surface area contributed by atoms with Crippen LogP contribution in [-0.2, 0) is 25.9 Å². The van der Waals surface area contributed by atoms with Crippen molar-refractivity contribution in [2.75, 3.05) is 30.0 Å². The van der Waals surface area contributed by atoms with Gasteiger partial charge in [-0.05, 0) is 79.4 Å². The van der Waals surface area contributed by atoms with Gasteiger partial charge in [0.05, 0.1) is 22.9 Å². The highest BCUT2D eigenvalue weighted by atomic mass is 32.2. The summed E-state index contributed by atoms with van der Waals surface area (Å²) < 4.78 is 46.8. The lowest BCUT2D eigenvalue weighted by Gasteiger charge is -2.28. The van der Waals surface area contributed by atoms with Crippen LogP contribution in [0.4, 0.5) is 26.4 Å². The van der Waals surface area contributed by atoms with Crippen molar-refractivity contribution in [2.45, 2.75) is 56.3 Å². The van der Waals surface area contributed by atoms with Gasteiger partial charge >= 0.3 is 6.09 Å². The van der Waals surface area contributed by atoms with E-state index in [1.165, 1.54) is 17.0 Å². The summed E-state index contributed by atoms with van der Waals surface area (Å²) in [6.45, 7) is 7.03. The van der Waals surface area contributed by atoms with Crippen LogP contribution >= 0.6 is 0 Å². The fraction of sp³-hybridized carbons (Fsp3) is 0.303. The van der Waals surface area contributed by atoms with Crippen molar-refractivity contribution in [2.24, 2.45) is 0 Å². The number of carbonyl (C=O) groups is 2. The topological polar surface area (TPSA) is 144 Å². The lowest BCUT2D eigenvalue weighted by molar-refractivity contribution is -0.131. The van der Waals surface area contributed by atoms with Crippen molar-refractivity contribution in [3.05, 3.63) is 88.9 Å². The number of rotatable bonds is 4. The molecule has 3 aromatic carbocycles. The van der Waals surface area contributed by atoms with Crippen LogP contribution in [0, 0.1) is 12.7 Å². The Bertz CT molecular complexity index is 1910. The molecule has 0 saturated carbocycles. The summed E-state index contributed by atoms with van der Waals surface area (Å²) >= 11 is 0. The summed E-state index contributed by atoms with van der Waals surface area (Å²) in [6.07, 6.45) is 0.380. The number of nitrogens with one attached hydrogen (secondary N) is 2. The maximum atomic E-state index is 14.7. The maximum Gasteiger partial charge on any atom is 0.411 e. The molecule has 12 heteroatoms. The average molecular weight is 634 g/mol. The summed E-state index contributed by atoms with van der Waals surface area (Å²) in [5.74, 6) is -0.873. The van der Waals surface area contributed by atoms with Gasteiger partial charge in [-0.3, -0.25) is 10.1 Å². The van der Waals surface area contributed by atoms with E-state index >= 15 is 0 Å². The molecule has 2 atom stereocenters. The zero-order chi connectivity index (χ0) is 32.6. The predicted molar refractivity (Wildman–Crippen MR) is 172 cm³/mol. The summed E-state index contributed by atoms with van der Waals surface area (Å²) in [5, 5.41) is 5.94. The molecule has 236 valence electrons. The molecule has 2 amide bonds. The molecule has 2 aliphatic rings. The molecule has 0 aliphatic carbocycles. The Hall–Kier alpha value is -4.71. The standard InChI is InChI=1S/C33H36FN5O5S/c1-18(2)45(42,43)29-11-8-23-13-22(29)16-39(5)32(40)30(37-24-7-10-26-27(14-24)28(34)15-36-31(26)35)21-6-9-25(19(3)12-21)20(4)17-44-33(41)38-23/h6-15,18,20,30,37H,16-17H2,1-5H3,(H2,35,36)(H,38,41). The van der Waals surface area contributed by atoms with Crippen LogP contribution in [0.3, 0.4) is 0 Å². The van der Waals surface area contributed by atoms with Gasteiger partial charge in [-0.25, -0.2) is 22.6 Å². The molecule has 0 spiro atoms. The van der Waals surface area contributed by atoms with E-state index in [0.717, 1.165) is 17.3 Å². The number of benzene rings is 3. The molecule has 4 N–H and O–H groups in total. The highest BCUT2D eigenvalue weighted by Gasteiger charge is 2.29. The number of carbonyl (C=O) groups excluding carboxylic acids is 2. The SMILES string of the molecule is Cc1cc2ccc1C(C)COC(=O)Nc1ccc(S(=O)(=O)C(C)C)c(c1)CN(C)C(=O)C2Nc1ccc2c(N)ncc(F)c2c1. The van der Waals surface area contributed by atoms with Crippen molar-refractivity contribution in [1.29, 1.82) is 0 Å². The molecule has 0 radical (unpaired) electrons. The van der Waals surface area contributed by atoms with E-state index in [1.54, 1.807) is 45.2 Å². The first-order valence-corrected chi connectivity index (χ1v) is 16.1. The molecule has 1 aromatic heterocycles. The highest BCUT2D eigenvalue weighted by Crippen LogP contribution is 2.32. The average Bonchev–Trinajstić information content (AvgIpc) is 2.99. The second kappa shape index (κ2) is 12.4. The Morgan fingerprint density at radius 3 is 2.56 bits per heavy atom. The van der Waals surface area contributed by atoms with Crippen LogP contribution in [0.25, 0.3) is 10.8 Å². The van der Waals surface area contributed by atoms with Gasteiger partial charge in [0.2, 0.25) is 5.91 Å². The molecule has 4 bridgehead atoms. The molecule has 3 heterocycles. The van der Waals surface area contributed by atoms with Gasteiger partial charge in [-0.15, -0.1) is 0 Å². The minimum atomic E-state index is -3.74. The van der Waals surface area contributed by atoms with Gasteiger partial charge in [0.15, 0.2) is 9.84 Å². The minimum absolute atomic E-state index is 0.0618. The van der Waals surface area contributed by atoms with Gasteiger partial charge in [-0.2, -0.15) is 0 Å². The van der Waals surface area contributed by atoms with E-state index in [-0.39, 0.29) is 41.1 Å². The molecular weight excluding hydrogens is 597 g/mol. The number of pyridine rings is 1. The van der Waals surface area contributed by atoms with Crippen LogP contribution in [-0.4, -0.2) is 49.2 Å². The quantitative estimate of drug-likeness (QED) is 0.251. The lowest BCUT2D eigenvalue weighted by Crippen LogP contribution is -2.35. The first-order chi connectivity index (χ1) is 21.3. The fourth-order valence-corrected chi connectivity index (χ4v) is 6.77. The second-order valence-corrected chi connectivity index (χ2v) is 14.2. The molecule has 6 rings (SSSR count). The van der Waals surface area contributed by atoms with Crippen molar-refractivity contribution in [3.63, 3.8) is 0 Å². The lowest BCUT2D eigenvalue weighted by atomic mass is 9.93. The number of hydrogen-bond donors (Lipinski definition) is 3. The molecule has 0 saturated heterocycles. The van der Waals surface area contributed by atoms with Gasteiger partial charge < -0.3 is 20.7 Å². The number of fused-ring (bicyclic) bond motifs is 10. The number of sulfone groups is 1. The Morgan fingerprint density at radius 2 is 1.84 bits per heavy atom. The van der Waals surface area contributed by atoms with Crippen molar-refractivity contribution in [1.82, 2.24) is 9.88 Å². The second-order valence-electron chi connectivity index (χ2n) is 11.7. The third kappa shape index (κ3) is 6.41. The Kier molecular flexibility index (Phi) is 8.70. The molecule has 2 aliphatic heterocycles. The van der Waals surface area contributed by atoms with Gasteiger partial charge in [0, 0.05) is 41.7 Å². The largest absolute Gasteiger partial charge is 0.449 e. The molecule has 10 nitrogen and oxygen atoms in total. The third-order valence-corrected chi connectivity index (χ3v) is 10.3. The first kappa shape index (κ1) is 31.7. The van der Waals surface area contributed by atoms with Crippen molar-refractivity contribution < 1.29 is 27.1 Å². The zero-order valence-corrected chi connectivity index (χ0v) is 26.5.